The summed E-state index contributed by atoms with van der Waals surface area (Å²) in [5.41, 5.74) is 2.23. The molecule has 0 aliphatic heterocycles. The molecule has 0 aliphatic carbocycles. The molecule has 15 heavy (non-hydrogen) atoms. The van der Waals surface area contributed by atoms with Crippen LogP contribution < -0.4 is 0 Å². The van der Waals surface area contributed by atoms with Gasteiger partial charge in [0.25, 0.3) is 0 Å². The van der Waals surface area contributed by atoms with Crippen LogP contribution in [0.25, 0.3) is 10.9 Å². The Morgan fingerprint density at radius 1 is 1.40 bits per heavy atom. The Bertz CT molecular complexity index is 620. The number of hydrogen-bond acceptors (Lipinski definition) is 2. The topological polar surface area (TPSA) is 56.6 Å². The zero-order valence-electron chi connectivity index (χ0n) is 7.74. The van der Waals surface area contributed by atoms with Crippen molar-refractivity contribution in [3.63, 3.8) is 0 Å². The van der Waals surface area contributed by atoms with Crippen LogP contribution in [0.15, 0.2) is 24.4 Å². The fourth-order valence-corrected chi connectivity index (χ4v) is 1.42. The summed E-state index contributed by atoms with van der Waals surface area (Å²) in [4.78, 5) is 13.6. The number of carbonyl (C=O) groups is 1. The Balaban J connectivity index is 2.59. The van der Waals surface area contributed by atoms with E-state index < -0.39 is 0 Å². The molecular formula is C12H6N2O. The molecule has 3 nitrogen and oxygen atoms in total. The number of carbonyl (C=O) groups excluding carboxylic acids is 1. The number of aldehydes is 1. The summed E-state index contributed by atoms with van der Waals surface area (Å²) in [5.74, 6) is 5.02. The van der Waals surface area contributed by atoms with E-state index >= 15 is 0 Å². The second-order valence-electron chi connectivity index (χ2n) is 2.98. The van der Waals surface area contributed by atoms with Crippen LogP contribution in [0.5, 0.6) is 0 Å². The van der Waals surface area contributed by atoms with Gasteiger partial charge in [-0.1, -0.05) is 12.0 Å². The molecule has 0 saturated carbocycles. The Morgan fingerprint density at radius 3 is 3.00 bits per heavy atom. The molecule has 0 unspecified atom stereocenters. The minimum absolute atomic E-state index is 0.629. The van der Waals surface area contributed by atoms with Gasteiger partial charge in [0.05, 0.1) is 0 Å². The van der Waals surface area contributed by atoms with E-state index in [-0.39, 0.29) is 0 Å². The largest absolute Gasteiger partial charge is 0.360 e. The van der Waals surface area contributed by atoms with Gasteiger partial charge in [0.15, 0.2) is 12.4 Å². The van der Waals surface area contributed by atoms with Crippen LogP contribution in [0.1, 0.15) is 15.9 Å². The molecule has 1 heterocycles. The van der Waals surface area contributed by atoms with Gasteiger partial charge in [-0.3, -0.25) is 4.79 Å². The maximum absolute atomic E-state index is 10.6. The van der Waals surface area contributed by atoms with Crippen LogP contribution in [0.3, 0.4) is 0 Å². The van der Waals surface area contributed by atoms with E-state index in [0.29, 0.717) is 5.56 Å². The first kappa shape index (κ1) is 9.05. The van der Waals surface area contributed by atoms with Crippen molar-refractivity contribution in [2.24, 2.45) is 0 Å². The van der Waals surface area contributed by atoms with Gasteiger partial charge in [0.1, 0.15) is 0 Å². The molecule has 1 N–H and O–H groups in total. The number of rotatable bonds is 1. The molecule has 70 valence electrons. The monoisotopic (exact) mass is 194 g/mol. The lowest BCUT2D eigenvalue weighted by atomic mass is 10.1. The number of nitriles is 1. The lowest BCUT2D eigenvalue weighted by Crippen LogP contribution is -1.77. The third kappa shape index (κ3) is 1.59. The maximum atomic E-state index is 10.6. The van der Waals surface area contributed by atoms with E-state index in [9.17, 15) is 4.79 Å². The van der Waals surface area contributed by atoms with Gasteiger partial charge < -0.3 is 4.98 Å². The first-order valence-corrected chi connectivity index (χ1v) is 4.31. The predicted molar refractivity (Wildman–Crippen MR) is 56.2 cm³/mol. The van der Waals surface area contributed by atoms with Gasteiger partial charge >= 0.3 is 0 Å². The van der Waals surface area contributed by atoms with Crippen molar-refractivity contribution in [2.45, 2.75) is 0 Å². The summed E-state index contributed by atoms with van der Waals surface area (Å²) in [6.45, 7) is 0. The quantitative estimate of drug-likeness (QED) is 0.556. The zero-order valence-corrected chi connectivity index (χ0v) is 7.74. The number of H-pyrrole nitrogens is 1. The standard InChI is InChI=1S/C12H6N2O/c13-5-1-2-9-3-4-11-10(8-15)7-14-12(11)6-9/h3-4,6-8,14H. The van der Waals surface area contributed by atoms with Crippen molar-refractivity contribution in [1.82, 2.24) is 4.98 Å². The van der Waals surface area contributed by atoms with E-state index in [4.69, 9.17) is 5.26 Å². The Morgan fingerprint density at radius 2 is 2.27 bits per heavy atom. The molecule has 0 atom stereocenters. The van der Waals surface area contributed by atoms with Crippen molar-refractivity contribution in [2.75, 3.05) is 0 Å². The molecule has 0 bridgehead atoms. The minimum Gasteiger partial charge on any atom is -0.360 e. The summed E-state index contributed by atoms with van der Waals surface area (Å²) in [7, 11) is 0. The SMILES string of the molecule is N#CC#Cc1ccc2c(C=O)c[nH]c2c1. The molecule has 0 amide bonds. The van der Waals surface area contributed by atoms with E-state index in [1.165, 1.54) is 0 Å². The number of benzene rings is 1. The van der Waals surface area contributed by atoms with Gasteiger partial charge in [0, 0.05) is 34.1 Å². The average Bonchev–Trinajstić information content (AvgIpc) is 2.68. The number of aromatic amines is 1. The maximum Gasteiger partial charge on any atom is 0.152 e. The highest BCUT2D eigenvalue weighted by atomic mass is 16.1. The van der Waals surface area contributed by atoms with Crippen LogP contribution in [0.4, 0.5) is 0 Å². The van der Waals surface area contributed by atoms with Gasteiger partial charge in [0.2, 0.25) is 0 Å². The highest BCUT2D eigenvalue weighted by Crippen LogP contribution is 2.17. The van der Waals surface area contributed by atoms with Crippen molar-refractivity contribution in [3.05, 3.63) is 35.5 Å². The lowest BCUT2D eigenvalue weighted by Gasteiger charge is -1.92. The van der Waals surface area contributed by atoms with E-state index in [0.717, 1.165) is 22.8 Å². The molecule has 3 heteroatoms. The zero-order chi connectivity index (χ0) is 10.7. The smallest absolute Gasteiger partial charge is 0.152 e. The molecule has 0 radical (unpaired) electrons. The number of fused-ring (bicyclic) bond motifs is 1. The van der Waals surface area contributed by atoms with Gasteiger partial charge in [-0.2, -0.15) is 5.26 Å². The Hall–Kier alpha value is -2.52. The minimum atomic E-state index is 0.629. The first-order chi connectivity index (χ1) is 7.35. The lowest BCUT2D eigenvalue weighted by molar-refractivity contribution is 0.112. The first-order valence-electron chi connectivity index (χ1n) is 4.31. The van der Waals surface area contributed by atoms with Crippen molar-refractivity contribution >= 4 is 17.2 Å². The molecule has 1 aromatic carbocycles. The average molecular weight is 194 g/mol. The van der Waals surface area contributed by atoms with Crippen LogP contribution >= 0.6 is 0 Å². The predicted octanol–water partition coefficient (Wildman–Crippen LogP) is 1.86. The molecule has 0 fully saturated rings. The molecule has 2 aromatic rings. The van der Waals surface area contributed by atoms with E-state index in [1.54, 1.807) is 18.3 Å². The Kier molecular flexibility index (Phi) is 2.23. The fraction of sp³-hybridized carbons (Fsp3) is 0. The normalized spacial score (nSPS) is 9.00. The van der Waals surface area contributed by atoms with Crippen LogP contribution in [-0.4, -0.2) is 11.3 Å². The summed E-state index contributed by atoms with van der Waals surface area (Å²) in [6, 6.07) is 7.17. The van der Waals surface area contributed by atoms with Gasteiger partial charge in [-0.15, -0.1) is 0 Å². The number of hydrogen-bond donors (Lipinski definition) is 1. The molecular weight excluding hydrogens is 188 g/mol. The van der Waals surface area contributed by atoms with Crippen molar-refractivity contribution in [1.29, 1.82) is 5.26 Å². The van der Waals surface area contributed by atoms with Crippen LogP contribution in [0, 0.1) is 23.2 Å². The third-order valence-electron chi connectivity index (χ3n) is 2.10. The molecule has 0 saturated heterocycles. The summed E-state index contributed by atoms with van der Waals surface area (Å²) >= 11 is 0. The molecule has 0 spiro atoms. The van der Waals surface area contributed by atoms with Crippen LogP contribution in [-0.2, 0) is 0 Å². The number of aromatic nitrogens is 1. The van der Waals surface area contributed by atoms with Crippen LogP contribution in [0.2, 0.25) is 0 Å². The molecule has 2 rings (SSSR count). The number of nitrogens with one attached hydrogen (secondary N) is 1. The number of nitrogens with zero attached hydrogens (tertiary/aromatic N) is 1. The highest BCUT2D eigenvalue weighted by Gasteiger charge is 2.01. The van der Waals surface area contributed by atoms with E-state index in [1.807, 2.05) is 12.1 Å². The molecule has 0 aliphatic rings. The second kappa shape index (κ2) is 3.69. The van der Waals surface area contributed by atoms with Crippen molar-refractivity contribution < 1.29 is 4.79 Å². The van der Waals surface area contributed by atoms with Gasteiger partial charge in [-0.05, 0) is 12.1 Å². The molecule has 1 aromatic heterocycles. The Labute approximate surface area is 86.3 Å². The van der Waals surface area contributed by atoms with E-state index in [2.05, 4.69) is 16.8 Å². The second-order valence-corrected chi connectivity index (χ2v) is 2.98. The third-order valence-corrected chi connectivity index (χ3v) is 2.10. The summed E-state index contributed by atoms with van der Waals surface area (Å²) < 4.78 is 0. The summed E-state index contributed by atoms with van der Waals surface area (Å²) in [6.07, 6.45) is 2.46. The fourth-order valence-electron chi connectivity index (χ4n) is 1.42. The van der Waals surface area contributed by atoms with Gasteiger partial charge in [-0.25, -0.2) is 0 Å². The van der Waals surface area contributed by atoms with Crippen molar-refractivity contribution in [3.8, 4) is 17.9 Å². The highest BCUT2D eigenvalue weighted by molar-refractivity contribution is 5.97. The summed E-state index contributed by atoms with van der Waals surface area (Å²) in [5, 5.41) is 9.17.